The number of aromatic amines is 3. The Morgan fingerprint density at radius 1 is 0.445 bits per heavy atom. The Balaban J connectivity index is 0.000000175. The van der Waals surface area contributed by atoms with Crippen molar-refractivity contribution in [1.29, 1.82) is 0 Å². The number of carbonyl (C=O) groups excluding carboxylic acids is 3. The number of aryl methyl sites for hydroxylation is 6. The molecule has 10 heterocycles. The van der Waals surface area contributed by atoms with Gasteiger partial charge in [-0.15, -0.1) is 0 Å². The van der Waals surface area contributed by atoms with E-state index >= 15 is 0 Å². The molecule has 0 bridgehead atoms. The number of sulfonamides is 3. The number of fused-ring (bicyclic) bond motifs is 3. The van der Waals surface area contributed by atoms with Gasteiger partial charge in [0.1, 0.15) is 51.3 Å². The van der Waals surface area contributed by atoms with E-state index in [2.05, 4.69) is 45.1 Å². The van der Waals surface area contributed by atoms with Crippen molar-refractivity contribution >= 4 is 86.8 Å². The third-order valence-corrected chi connectivity index (χ3v) is 25.8. The summed E-state index contributed by atoms with van der Waals surface area (Å²) in [4.78, 5) is 110. The Hall–Kier alpha value is -11.1. The number of piperazine rings is 3. The summed E-state index contributed by atoms with van der Waals surface area (Å²) in [5, 5.41) is 39.4. The van der Waals surface area contributed by atoms with Crippen molar-refractivity contribution in [2.75, 3.05) is 116 Å². The molecule has 0 spiro atoms. The smallest absolute Gasteiger partial charge is 0.277 e. The number of hydrogen-bond acceptors (Lipinski definition) is 29. The van der Waals surface area contributed by atoms with Crippen molar-refractivity contribution in [1.82, 2.24) is 108 Å². The number of benzene rings is 3. The summed E-state index contributed by atoms with van der Waals surface area (Å²) in [6.45, 7) is 17.6. The molecule has 3 saturated heterocycles. The maximum atomic E-state index is 13.7. The van der Waals surface area contributed by atoms with Crippen LogP contribution in [0.15, 0.2) is 96.1 Å². The number of nitrogens with zero attached hydrogens (tertiary/aromatic N) is 17. The zero-order chi connectivity index (χ0) is 85.6. The van der Waals surface area contributed by atoms with Crippen LogP contribution in [0.1, 0.15) is 108 Å². The summed E-state index contributed by atoms with van der Waals surface area (Å²) >= 11 is 0. The van der Waals surface area contributed by atoms with Crippen LogP contribution in [-0.2, 0) is 80.1 Å². The average molecular weight is 1710 g/mol. The van der Waals surface area contributed by atoms with E-state index in [0.29, 0.717) is 201 Å². The monoisotopic (exact) mass is 1710 g/mol. The van der Waals surface area contributed by atoms with Gasteiger partial charge in [0.15, 0.2) is 16.6 Å². The number of hydroxylamine groups is 3. The van der Waals surface area contributed by atoms with Crippen molar-refractivity contribution in [3.05, 3.63) is 121 Å². The third kappa shape index (κ3) is 19.9. The lowest BCUT2D eigenvalue weighted by Gasteiger charge is -2.34. The normalized spacial score (nSPS) is 14.8. The highest BCUT2D eigenvalue weighted by atomic mass is 32.2. The lowest BCUT2D eigenvalue weighted by atomic mass is 10.1. The molecule has 10 aromatic rings. The van der Waals surface area contributed by atoms with Gasteiger partial charge in [-0.25, -0.2) is 66.6 Å². The van der Waals surface area contributed by atoms with Crippen molar-refractivity contribution in [3.63, 3.8) is 0 Å². The van der Waals surface area contributed by atoms with Crippen molar-refractivity contribution in [2.45, 2.75) is 114 Å². The Morgan fingerprint density at radius 2 is 0.773 bits per heavy atom. The van der Waals surface area contributed by atoms with Crippen LogP contribution < -0.4 is 52.2 Å². The Labute approximate surface area is 684 Å². The summed E-state index contributed by atoms with van der Waals surface area (Å²) in [5.74, 6) is 0.511. The molecular formula is C75H99N23O18S3. The zero-order valence-corrected chi connectivity index (χ0v) is 70.0. The summed E-state index contributed by atoms with van der Waals surface area (Å²) in [6.07, 6.45) is 7.87. The fraction of sp³-hybridized carbons (Fsp3) is 0.467. The molecule has 0 saturated carbocycles. The van der Waals surface area contributed by atoms with Gasteiger partial charge in [-0.1, -0.05) is 40.0 Å². The fourth-order valence-corrected chi connectivity index (χ4v) is 18.6. The first-order valence-corrected chi connectivity index (χ1v) is 43.4. The minimum Gasteiger partial charge on any atom is -0.493 e. The predicted octanol–water partition coefficient (Wildman–Crippen LogP) is 3.24. The van der Waals surface area contributed by atoms with E-state index in [4.69, 9.17) is 44.8 Å². The van der Waals surface area contributed by atoms with Gasteiger partial charge in [-0.2, -0.15) is 28.2 Å². The number of aromatic nitrogens is 14. The molecule has 9 N–H and O–H groups in total. The molecule has 3 amide bonds. The Bertz CT molecular complexity index is 5870. The molecule has 41 nitrogen and oxygen atoms in total. The standard InChI is InChI=1S/C26H31N9O6S.C25H35N7O6S.C24H33N7O6S/c1-4-6-19-21-22(33(3)31-19)25(37)30-23(29-21)18-13-17(7-8-20(18)41-5-2)42(39,40)35-11-9-34(10-12-35)26-27-14-16(15-28-26)24(36)32-38;1-4-7-19-22-23(30(3)28-19)25(34)27-24(26-22)18-16-17(9-10-20(18)38-5-2)39(36,37)32-14-12-31(13-15-32)11-6-8-21(33)29-35;1-4-6-18-21-22(29(3)27-18)24(33)26-23(25-21)17-15-16(7-8-19(17)37-5-2)38(35,36)31-13-11-30(12-14-31)10-9-20(32)28-34/h7-8,13-15,38H,4-6,9-12H2,1-3H3,(H,32,36)(H,29,30,37);9-10,16,35H,4-8,11-15H2,1-3H3,(H,29,33)(H,26,27,34);7-8,15,34H,4-6,9-14H2,1-3H3,(H,28,32)(H,25,26,33). The number of rotatable bonds is 30. The topological polar surface area (TPSA) is 514 Å². The maximum Gasteiger partial charge on any atom is 0.277 e. The van der Waals surface area contributed by atoms with Gasteiger partial charge < -0.3 is 43.9 Å². The molecule has 0 radical (unpaired) electrons. The van der Waals surface area contributed by atoms with Gasteiger partial charge in [0.05, 0.1) is 73.8 Å². The van der Waals surface area contributed by atoms with Crippen LogP contribution in [0.2, 0.25) is 0 Å². The molecule has 0 unspecified atom stereocenters. The van der Waals surface area contributed by atoms with Crippen LogP contribution in [0, 0.1) is 0 Å². The van der Waals surface area contributed by atoms with Gasteiger partial charge in [0.25, 0.3) is 22.6 Å². The highest BCUT2D eigenvalue weighted by Crippen LogP contribution is 2.37. The van der Waals surface area contributed by atoms with Crippen LogP contribution in [0.5, 0.6) is 17.2 Å². The molecule has 7 aromatic heterocycles. The van der Waals surface area contributed by atoms with Gasteiger partial charge in [0, 0.05) is 131 Å². The third-order valence-electron chi connectivity index (χ3n) is 20.1. The van der Waals surface area contributed by atoms with Crippen molar-refractivity contribution in [3.8, 4) is 51.4 Å². The SMILES string of the molecule is CCCc1nn(C)c2c(=O)[nH]c(-c3cc(S(=O)(=O)N4CCN(CCC(=O)NO)CC4)ccc3OCC)nc12.CCCc1nn(C)c2c(=O)[nH]c(-c3cc(S(=O)(=O)N4CCN(CCCC(=O)NO)CC4)ccc3OCC)nc12.CCCc1nn(C)c2c(=O)[nH]c(-c3cc(S(=O)(=O)N4CCN(c5ncc(C(=O)NO)cn5)CC4)ccc3OCC)nc12. The highest BCUT2D eigenvalue weighted by molar-refractivity contribution is 7.89. The highest BCUT2D eigenvalue weighted by Gasteiger charge is 2.35. The van der Waals surface area contributed by atoms with Crippen LogP contribution in [-0.4, -0.2) is 262 Å². The first-order chi connectivity index (χ1) is 57.0. The summed E-state index contributed by atoms with van der Waals surface area (Å²) in [5.41, 5.74) is 9.41. The van der Waals surface area contributed by atoms with Gasteiger partial charge in [-0.3, -0.25) is 58.4 Å². The summed E-state index contributed by atoms with van der Waals surface area (Å²) in [7, 11) is -6.53. The quantitative estimate of drug-likeness (QED) is 0.0230. The summed E-state index contributed by atoms with van der Waals surface area (Å²) in [6, 6.07) is 13.7. The number of carbonyl (C=O) groups is 3. The first kappa shape index (κ1) is 88.7. The van der Waals surface area contributed by atoms with Gasteiger partial charge >= 0.3 is 0 Å². The molecule has 3 aliphatic rings. The molecule has 0 aliphatic carbocycles. The van der Waals surface area contributed by atoms with Gasteiger partial charge in [-0.05, 0) is 108 Å². The van der Waals surface area contributed by atoms with Crippen molar-refractivity contribution < 1.29 is 69.5 Å². The second-order valence-electron chi connectivity index (χ2n) is 28.1. The predicted molar refractivity (Wildman–Crippen MR) is 436 cm³/mol. The number of hydrogen-bond donors (Lipinski definition) is 9. The van der Waals surface area contributed by atoms with E-state index < -0.39 is 47.8 Å². The van der Waals surface area contributed by atoms with Crippen LogP contribution in [0.25, 0.3) is 67.3 Å². The Kier molecular flexibility index (Phi) is 29.2. The molecule has 640 valence electrons. The van der Waals surface area contributed by atoms with Gasteiger partial charge in [0.2, 0.25) is 47.8 Å². The number of amides is 3. The van der Waals surface area contributed by atoms with E-state index in [1.807, 2.05) is 51.3 Å². The van der Waals surface area contributed by atoms with Crippen molar-refractivity contribution in [2.24, 2.45) is 21.1 Å². The largest absolute Gasteiger partial charge is 0.493 e. The van der Waals surface area contributed by atoms with E-state index in [0.717, 1.165) is 19.3 Å². The molecule has 3 fully saturated rings. The van der Waals surface area contributed by atoms with Crippen LogP contribution in [0.3, 0.4) is 0 Å². The van der Waals surface area contributed by atoms with Crippen LogP contribution in [0.4, 0.5) is 5.95 Å². The van der Waals surface area contributed by atoms with E-state index in [9.17, 15) is 54.0 Å². The minimum atomic E-state index is -3.92. The van der Waals surface area contributed by atoms with Crippen LogP contribution >= 0.6 is 0 Å². The molecule has 44 heteroatoms. The molecular weight excluding hydrogens is 1610 g/mol. The summed E-state index contributed by atoms with van der Waals surface area (Å²) < 4.78 is 108. The van der Waals surface area contributed by atoms with E-state index in [1.165, 1.54) is 81.2 Å². The molecule has 13 rings (SSSR count). The number of ether oxygens (including phenoxy) is 3. The maximum absolute atomic E-state index is 13.7. The molecule has 0 atom stereocenters. The van der Waals surface area contributed by atoms with E-state index in [1.54, 1.807) is 50.3 Å². The Morgan fingerprint density at radius 3 is 1.09 bits per heavy atom. The number of nitrogens with one attached hydrogen (secondary N) is 6. The average Bonchev–Trinajstić information content (AvgIpc) is 1.69. The second kappa shape index (κ2) is 39.2. The lowest BCUT2D eigenvalue weighted by Crippen LogP contribution is -2.49. The lowest BCUT2D eigenvalue weighted by molar-refractivity contribution is -0.130. The number of anilines is 1. The number of H-pyrrole nitrogens is 3. The zero-order valence-electron chi connectivity index (χ0n) is 67.5. The van der Waals surface area contributed by atoms with E-state index in [-0.39, 0.29) is 93.4 Å². The second-order valence-corrected chi connectivity index (χ2v) is 33.9. The first-order valence-electron chi connectivity index (χ1n) is 39.1. The fourth-order valence-electron chi connectivity index (χ4n) is 14.2. The minimum absolute atomic E-state index is 0.0349. The molecule has 119 heavy (non-hydrogen) atoms. The molecule has 3 aromatic carbocycles. The molecule has 3 aliphatic heterocycles.